The third kappa shape index (κ3) is 2.54. The average molecular weight is 296 g/mol. The summed E-state index contributed by atoms with van der Waals surface area (Å²) in [5.74, 6) is -0.285. The number of hydrogen-bond acceptors (Lipinski definition) is 4. The zero-order valence-electron chi connectivity index (χ0n) is 11.7. The van der Waals surface area contributed by atoms with E-state index < -0.39 is 10.8 Å². The number of nitro benzene ring substituents is 1. The van der Waals surface area contributed by atoms with Crippen molar-refractivity contribution in [2.24, 2.45) is 0 Å². The van der Waals surface area contributed by atoms with Crippen molar-refractivity contribution in [3.63, 3.8) is 0 Å². The van der Waals surface area contributed by atoms with E-state index in [-0.39, 0.29) is 11.4 Å². The van der Waals surface area contributed by atoms with E-state index in [4.69, 9.17) is 4.42 Å². The number of carbonyl (C=O) groups excluding carboxylic acids is 1. The maximum absolute atomic E-state index is 12.2. The SMILES string of the molecule is Cc1ccccc1NC(=O)c1cc2cc([N+](=O)[O-])ccc2o1. The Balaban J connectivity index is 1.91. The fourth-order valence-corrected chi connectivity index (χ4v) is 2.15. The third-order valence-corrected chi connectivity index (χ3v) is 3.33. The van der Waals surface area contributed by atoms with E-state index in [1.54, 1.807) is 6.07 Å². The molecule has 0 saturated carbocycles. The van der Waals surface area contributed by atoms with Gasteiger partial charge in [0.25, 0.3) is 11.6 Å². The number of fused-ring (bicyclic) bond motifs is 1. The molecule has 1 heterocycles. The molecule has 0 aliphatic carbocycles. The highest BCUT2D eigenvalue weighted by Crippen LogP contribution is 2.25. The normalized spacial score (nSPS) is 10.6. The number of non-ortho nitro benzene ring substituents is 1. The molecule has 0 aliphatic rings. The van der Waals surface area contributed by atoms with Gasteiger partial charge in [0.05, 0.1) is 4.92 Å². The van der Waals surface area contributed by atoms with Crippen molar-refractivity contribution >= 4 is 28.3 Å². The minimum absolute atomic E-state index is 0.0424. The molecule has 0 atom stereocenters. The van der Waals surface area contributed by atoms with Crippen LogP contribution in [0.2, 0.25) is 0 Å². The number of rotatable bonds is 3. The van der Waals surface area contributed by atoms with Crippen molar-refractivity contribution in [3.05, 3.63) is 70.0 Å². The molecule has 0 spiro atoms. The molecular weight excluding hydrogens is 284 g/mol. The van der Waals surface area contributed by atoms with E-state index in [1.807, 2.05) is 25.1 Å². The van der Waals surface area contributed by atoms with Crippen LogP contribution in [0.25, 0.3) is 11.0 Å². The summed E-state index contributed by atoms with van der Waals surface area (Å²) in [4.78, 5) is 22.5. The second-order valence-electron chi connectivity index (χ2n) is 4.86. The number of hydrogen-bond donors (Lipinski definition) is 1. The van der Waals surface area contributed by atoms with Crippen molar-refractivity contribution in [3.8, 4) is 0 Å². The first kappa shape index (κ1) is 13.8. The van der Waals surface area contributed by atoms with Crippen LogP contribution in [0.4, 0.5) is 11.4 Å². The molecule has 0 unspecified atom stereocenters. The van der Waals surface area contributed by atoms with Gasteiger partial charge < -0.3 is 9.73 Å². The third-order valence-electron chi connectivity index (χ3n) is 3.33. The van der Waals surface area contributed by atoms with Crippen LogP contribution in [-0.2, 0) is 0 Å². The molecule has 22 heavy (non-hydrogen) atoms. The van der Waals surface area contributed by atoms with Crippen LogP contribution in [0.15, 0.2) is 52.9 Å². The molecule has 1 aromatic heterocycles. The van der Waals surface area contributed by atoms with Crippen LogP contribution >= 0.6 is 0 Å². The summed E-state index contributed by atoms with van der Waals surface area (Å²) < 4.78 is 5.44. The first-order valence-corrected chi connectivity index (χ1v) is 6.59. The van der Waals surface area contributed by atoms with Crippen molar-refractivity contribution in [1.29, 1.82) is 0 Å². The lowest BCUT2D eigenvalue weighted by Crippen LogP contribution is -2.11. The predicted molar refractivity (Wildman–Crippen MR) is 82.0 cm³/mol. The summed E-state index contributed by atoms with van der Waals surface area (Å²) in [6, 6.07) is 13.1. The fourth-order valence-electron chi connectivity index (χ4n) is 2.15. The molecule has 0 bridgehead atoms. The summed E-state index contributed by atoms with van der Waals surface area (Å²) in [5, 5.41) is 14.0. The van der Waals surface area contributed by atoms with E-state index in [0.717, 1.165) is 5.56 Å². The molecule has 1 N–H and O–H groups in total. The van der Waals surface area contributed by atoms with E-state index in [9.17, 15) is 14.9 Å². The Bertz CT molecular complexity index is 883. The topological polar surface area (TPSA) is 85.4 Å². The smallest absolute Gasteiger partial charge is 0.291 e. The number of benzene rings is 2. The lowest BCUT2D eigenvalue weighted by molar-refractivity contribution is -0.384. The molecule has 3 rings (SSSR count). The quantitative estimate of drug-likeness (QED) is 0.586. The first-order valence-electron chi connectivity index (χ1n) is 6.59. The highest BCUT2D eigenvalue weighted by Gasteiger charge is 2.15. The van der Waals surface area contributed by atoms with Gasteiger partial charge in [0, 0.05) is 23.2 Å². The fraction of sp³-hybridized carbons (Fsp3) is 0.0625. The van der Waals surface area contributed by atoms with Gasteiger partial charge in [0.2, 0.25) is 0 Å². The number of carbonyl (C=O) groups is 1. The molecule has 1 amide bonds. The largest absolute Gasteiger partial charge is 0.451 e. The molecule has 2 aromatic carbocycles. The molecule has 0 fully saturated rings. The molecule has 110 valence electrons. The number of aryl methyl sites for hydroxylation is 1. The molecular formula is C16H12N2O4. The molecule has 3 aromatic rings. The Morgan fingerprint density at radius 1 is 1.18 bits per heavy atom. The minimum Gasteiger partial charge on any atom is -0.451 e. The van der Waals surface area contributed by atoms with Crippen molar-refractivity contribution in [2.75, 3.05) is 5.32 Å². The summed E-state index contributed by atoms with van der Waals surface area (Å²) in [6.45, 7) is 1.89. The van der Waals surface area contributed by atoms with E-state index in [2.05, 4.69) is 5.32 Å². The lowest BCUT2D eigenvalue weighted by atomic mass is 10.2. The summed E-state index contributed by atoms with van der Waals surface area (Å²) in [6.07, 6.45) is 0. The van der Waals surface area contributed by atoms with Gasteiger partial charge in [-0.25, -0.2) is 0 Å². The molecule has 6 heteroatoms. The van der Waals surface area contributed by atoms with E-state index in [1.165, 1.54) is 24.3 Å². The number of nitro groups is 1. The first-order chi connectivity index (χ1) is 10.5. The second kappa shape index (κ2) is 5.33. The number of furan rings is 1. The Morgan fingerprint density at radius 2 is 1.95 bits per heavy atom. The Kier molecular flexibility index (Phi) is 3.34. The van der Waals surface area contributed by atoms with Crippen LogP contribution in [0.1, 0.15) is 16.1 Å². The van der Waals surface area contributed by atoms with E-state index in [0.29, 0.717) is 16.7 Å². The van der Waals surface area contributed by atoms with Crippen LogP contribution in [-0.4, -0.2) is 10.8 Å². The van der Waals surface area contributed by atoms with Gasteiger partial charge in [-0.2, -0.15) is 0 Å². The van der Waals surface area contributed by atoms with Crippen molar-refractivity contribution in [2.45, 2.75) is 6.92 Å². The van der Waals surface area contributed by atoms with Gasteiger partial charge >= 0.3 is 0 Å². The van der Waals surface area contributed by atoms with Gasteiger partial charge in [0.15, 0.2) is 5.76 Å². The number of amides is 1. The second-order valence-corrected chi connectivity index (χ2v) is 4.86. The predicted octanol–water partition coefficient (Wildman–Crippen LogP) is 3.90. The highest BCUT2D eigenvalue weighted by molar-refractivity contribution is 6.05. The lowest BCUT2D eigenvalue weighted by Gasteiger charge is -2.05. The van der Waals surface area contributed by atoms with Gasteiger partial charge in [-0.3, -0.25) is 14.9 Å². The number of para-hydroxylation sites is 1. The molecule has 0 saturated heterocycles. The Hall–Kier alpha value is -3.15. The summed E-state index contributed by atoms with van der Waals surface area (Å²) in [7, 11) is 0. The monoisotopic (exact) mass is 296 g/mol. The zero-order valence-corrected chi connectivity index (χ0v) is 11.7. The Morgan fingerprint density at radius 3 is 2.68 bits per heavy atom. The van der Waals surface area contributed by atoms with Crippen LogP contribution in [0, 0.1) is 17.0 Å². The number of anilines is 1. The van der Waals surface area contributed by atoms with Gasteiger partial charge in [-0.1, -0.05) is 18.2 Å². The van der Waals surface area contributed by atoms with Crippen molar-refractivity contribution in [1.82, 2.24) is 0 Å². The minimum atomic E-state index is -0.487. The Labute approximate surface area is 125 Å². The van der Waals surface area contributed by atoms with Crippen LogP contribution < -0.4 is 5.32 Å². The van der Waals surface area contributed by atoms with Crippen LogP contribution in [0.3, 0.4) is 0 Å². The highest BCUT2D eigenvalue weighted by atomic mass is 16.6. The molecule has 0 aliphatic heterocycles. The van der Waals surface area contributed by atoms with Gasteiger partial charge in [-0.05, 0) is 30.7 Å². The maximum Gasteiger partial charge on any atom is 0.291 e. The average Bonchev–Trinajstić information content (AvgIpc) is 2.92. The maximum atomic E-state index is 12.2. The molecule has 0 radical (unpaired) electrons. The number of nitrogens with zero attached hydrogens (tertiary/aromatic N) is 1. The summed E-state index contributed by atoms with van der Waals surface area (Å²) >= 11 is 0. The summed E-state index contributed by atoms with van der Waals surface area (Å²) in [5.41, 5.74) is 2.02. The van der Waals surface area contributed by atoms with Gasteiger partial charge in [-0.15, -0.1) is 0 Å². The van der Waals surface area contributed by atoms with Gasteiger partial charge in [0.1, 0.15) is 5.58 Å². The molecule has 6 nitrogen and oxygen atoms in total. The number of nitrogens with one attached hydrogen (secondary N) is 1. The van der Waals surface area contributed by atoms with Crippen LogP contribution in [0.5, 0.6) is 0 Å². The van der Waals surface area contributed by atoms with E-state index >= 15 is 0 Å². The zero-order chi connectivity index (χ0) is 15.7. The standard InChI is InChI=1S/C16H12N2O4/c1-10-4-2-3-5-13(10)17-16(19)15-9-11-8-12(18(20)21)6-7-14(11)22-15/h2-9H,1H3,(H,17,19). The van der Waals surface area contributed by atoms with Crippen molar-refractivity contribution < 1.29 is 14.1 Å².